The summed E-state index contributed by atoms with van der Waals surface area (Å²) in [7, 11) is 2.17. The summed E-state index contributed by atoms with van der Waals surface area (Å²) in [6.45, 7) is 6.99. The smallest absolute Gasteiger partial charge is 0.169 e. The molecule has 1 aromatic heterocycles. The summed E-state index contributed by atoms with van der Waals surface area (Å²) in [6.07, 6.45) is 3.45. The van der Waals surface area contributed by atoms with E-state index >= 15 is 0 Å². The van der Waals surface area contributed by atoms with Crippen LogP contribution in [0.3, 0.4) is 0 Å². The van der Waals surface area contributed by atoms with E-state index in [1.54, 1.807) is 30.4 Å². The van der Waals surface area contributed by atoms with Gasteiger partial charge in [-0.3, -0.25) is 4.79 Å². The Kier molecular flexibility index (Phi) is 7.16. The lowest BCUT2D eigenvalue weighted by Crippen LogP contribution is -2.38. The van der Waals surface area contributed by atoms with Gasteiger partial charge in [0.2, 0.25) is 0 Å². The molecule has 0 atom stereocenters. The first-order valence-corrected chi connectivity index (χ1v) is 10.6. The van der Waals surface area contributed by atoms with Gasteiger partial charge in [-0.25, -0.2) is 4.39 Å². The number of carbonyl (C=O) groups is 1. The molecule has 0 unspecified atom stereocenters. The second-order valence-corrected chi connectivity index (χ2v) is 8.64. The summed E-state index contributed by atoms with van der Waals surface area (Å²) < 4.78 is 13.0. The SMILES string of the molecule is CC(=O)c1cc(CN(C)CC2CCN(CCc3ccc(F)cc3)CC2)cs1. The van der Waals surface area contributed by atoms with Gasteiger partial charge in [-0.05, 0) is 86.9 Å². The highest BCUT2D eigenvalue weighted by Gasteiger charge is 2.20. The van der Waals surface area contributed by atoms with Crippen molar-refractivity contribution >= 4 is 17.1 Å². The minimum absolute atomic E-state index is 0.155. The van der Waals surface area contributed by atoms with Crippen LogP contribution in [-0.2, 0) is 13.0 Å². The van der Waals surface area contributed by atoms with E-state index < -0.39 is 0 Å². The first-order chi connectivity index (χ1) is 13.0. The van der Waals surface area contributed by atoms with Crippen molar-refractivity contribution in [2.24, 2.45) is 5.92 Å². The summed E-state index contributed by atoms with van der Waals surface area (Å²) >= 11 is 1.55. The van der Waals surface area contributed by atoms with Gasteiger partial charge >= 0.3 is 0 Å². The lowest BCUT2D eigenvalue weighted by molar-refractivity contribution is 0.102. The number of hydrogen-bond acceptors (Lipinski definition) is 4. The van der Waals surface area contributed by atoms with Crippen LogP contribution in [-0.4, -0.2) is 48.8 Å². The third-order valence-electron chi connectivity index (χ3n) is 5.36. The van der Waals surface area contributed by atoms with Gasteiger partial charge in [0, 0.05) is 19.6 Å². The standard InChI is InChI=1S/C22H29FN2OS/c1-17(26)22-13-20(16-27-22)15-24(2)14-19-8-11-25(12-9-19)10-7-18-3-5-21(23)6-4-18/h3-6,13,16,19H,7-12,14-15H2,1-2H3. The van der Waals surface area contributed by atoms with Crippen molar-refractivity contribution in [1.29, 1.82) is 0 Å². The van der Waals surface area contributed by atoms with Crippen LogP contribution in [0.2, 0.25) is 0 Å². The molecule has 0 bridgehead atoms. The van der Waals surface area contributed by atoms with Gasteiger partial charge in [0.1, 0.15) is 5.82 Å². The Morgan fingerprint density at radius 3 is 2.56 bits per heavy atom. The van der Waals surface area contributed by atoms with E-state index in [-0.39, 0.29) is 11.6 Å². The highest BCUT2D eigenvalue weighted by molar-refractivity contribution is 7.12. The van der Waals surface area contributed by atoms with Crippen molar-refractivity contribution in [3.63, 3.8) is 0 Å². The molecule has 1 aromatic carbocycles. The number of likely N-dealkylation sites (tertiary alicyclic amines) is 1. The number of piperidine rings is 1. The van der Waals surface area contributed by atoms with E-state index in [2.05, 4.69) is 22.2 Å². The normalized spacial score (nSPS) is 16.1. The fourth-order valence-corrected chi connectivity index (χ4v) is 4.60. The van der Waals surface area contributed by atoms with Crippen molar-refractivity contribution < 1.29 is 9.18 Å². The Bertz CT molecular complexity index is 735. The number of nitrogens with zero attached hydrogens (tertiary/aromatic N) is 2. The number of carbonyl (C=O) groups excluding carboxylic acids is 1. The molecule has 1 aliphatic rings. The maximum Gasteiger partial charge on any atom is 0.169 e. The molecule has 0 radical (unpaired) electrons. The Morgan fingerprint density at radius 2 is 1.93 bits per heavy atom. The third-order valence-corrected chi connectivity index (χ3v) is 6.44. The van der Waals surface area contributed by atoms with Crippen LogP contribution in [0.1, 0.15) is 40.6 Å². The molecular formula is C22H29FN2OS. The predicted molar refractivity (Wildman–Crippen MR) is 110 cm³/mol. The Labute approximate surface area is 165 Å². The second kappa shape index (κ2) is 9.58. The maximum atomic E-state index is 13.0. The molecule has 1 saturated heterocycles. The molecular weight excluding hydrogens is 359 g/mol. The van der Waals surface area contributed by atoms with Gasteiger partial charge in [0.05, 0.1) is 4.88 Å². The topological polar surface area (TPSA) is 23.6 Å². The summed E-state index contributed by atoms with van der Waals surface area (Å²) in [5.41, 5.74) is 2.45. The zero-order chi connectivity index (χ0) is 19.2. The minimum atomic E-state index is -0.163. The molecule has 3 rings (SSSR count). The average Bonchev–Trinajstić information content (AvgIpc) is 3.11. The minimum Gasteiger partial charge on any atom is -0.303 e. The fourth-order valence-electron chi connectivity index (χ4n) is 3.79. The third kappa shape index (κ3) is 6.23. The van der Waals surface area contributed by atoms with E-state index in [9.17, 15) is 9.18 Å². The van der Waals surface area contributed by atoms with Crippen LogP contribution >= 0.6 is 11.3 Å². The van der Waals surface area contributed by atoms with Crippen molar-refractivity contribution in [3.05, 3.63) is 57.5 Å². The lowest BCUT2D eigenvalue weighted by Gasteiger charge is -2.34. The highest BCUT2D eigenvalue weighted by atomic mass is 32.1. The molecule has 146 valence electrons. The zero-order valence-corrected chi connectivity index (χ0v) is 17.1. The largest absolute Gasteiger partial charge is 0.303 e. The second-order valence-electron chi connectivity index (χ2n) is 7.73. The quantitative estimate of drug-likeness (QED) is 0.623. The maximum absolute atomic E-state index is 13.0. The highest BCUT2D eigenvalue weighted by Crippen LogP contribution is 2.21. The van der Waals surface area contributed by atoms with Crippen LogP contribution in [0.4, 0.5) is 4.39 Å². The molecule has 0 saturated carbocycles. The molecule has 1 fully saturated rings. The molecule has 2 aromatic rings. The predicted octanol–water partition coefficient (Wildman–Crippen LogP) is 4.48. The van der Waals surface area contributed by atoms with Crippen LogP contribution in [0, 0.1) is 11.7 Å². The number of Topliss-reactive ketones (excluding diaryl/α,β-unsaturated/α-hetero) is 1. The zero-order valence-electron chi connectivity index (χ0n) is 16.3. The Balaban J connectivity index is 1.37. The number of halogens is 1. The van der Waals surface area contributed by atoms with Gasteiger partial charge in [-0.2, -0.15) is 0 Å². The molecule has 3 nitrogen and oxygen atoms in total. The molecule has 2 heterocycles. The van der Waals surface area contributed by atoms with E-state index in [1.165, 1.54) is 24.0 Å². The molecule has 27 heavy (non-hydrogen) atoms. The number of thiophene rings is 1. The van der Waals surface area contributed by atoms with Gasteiger partial charge in [-0.1, -0.05) is 12.1 Å². The Morgan fingerprint density at radius 1 is 1.22 bits per heavy atom. The number of ketones is 1. The van der Waals surface area contributed by atoms with E-state index in [0.29, 0.717) is 0 Å². The molecule has 0 aliphatic carbocycles. The van der Waals surface area contributed by atoms with Gasteiger partial charge < -0.3 is 9.80 Å². The molecule has 0 N–H and O–H groups in total. The summed E-state index contributed by atoms with van der Waals surface area (Å²) in [5.74, 6) is 0.730. The van der Waals surface area contributed by atoms with Crippen LogP contribution in [0.15, 0.2) is 35.7 Å². The van der Waals surface area contributed by atoms with Crippen molar-refractivity contribution in [2.45, 2.75) is 32.7 Å². The van der Waals surface area contributed by atoms with Gasteiger partial charge in [-0.15, -0.1) is 11.3 Å². The molecule has 0 spiro atoms. The molecule has 0 amide bonds. The molecule has 5 heteroatoms. The van der Waals surface area contributed by atoms with Gasteiger partial charge in [0.25, 0.3) is 0 Å². The fraction of sp³-hybridized carbons (Fsp3) is 0.500. The van der Waals surface area contributed by atoms with E-state index in [1.807, 2.05) is 18.2 Å². The first-order valence-electron chi connectivity index (χ1n) is 9.73. The van der Waals surface area contributed by atoms with E-state index in [0.717, 1.165) is 49.9 Å². The van der Waals surface area contributed by atoms with Crippen molar-refractivity contribution in [2.75, 3.05) is 33.2 Å². The number of rotatable bonds is 8. The molecule has 1 aliphatic heterocycles. The summed E-state index contributed by atoms with van der Waals surface area (Å²) in [4.78, 5) is 17.2. The monoisotopic (exact) mass is 388 g/mol. The van der Waals surface area contributed by atoms with Crippen LogP contribution in [0.25, 0.3) is 0 Å². The van der Waals surface area contributed by atoms with Crippen LogP contribution in [0.5, 0.6) is 0 Å². The average molecular weight is 389 g/mol. The summed E-state index contributed by atoms with van der Waals surface area (Å²) in [6, 6.07) is 8.90. The van der Waals surface area contributed by atoms with Crippen molar-refractivity contribution in [1.82, 2.24) is 9.80 Å². The van der Waals surface area contributed by atoms with Crippen LogP contribution < -0.4 is 0 Å². The van der Waals surface area contributed by atoms with E-state index in [4.69, 9.17) is 0 Å². The number of hydrogen-bond donors (Lipinski definition) is 0. The lowest BCUT2D eigenvalue weighted by atomic mass is 9.96. The van der Waals surface area contributed by atoms with Gasteiger partial charge in [0.15, 0.2) is 5.78 Å². The number of benzene rings is 1. The Hall–Kier alpha value is -1.56. The summed E-state index contributed by atoms with van der Waals surface area (Å²) in [5, 5.41) is 2.10. The first kappa shape index (κ1) is 20.2. The van der Waals surface area contributed by atoms with Crippen molar-refractivity contribution in [3.8, 4) is 0 Å².